The van der Waals surface area contributed by atoms with Crippen LogP contribution >= 0.6 is 0 Å². The highest BCUT2D eigenvalue weighted by Crippen LogP contribution is 2.32. The summed E-state index contributed by atoms with van der Waals surface area (Å²) in [6, 6.07) is 47.5. The molecule has 0 unspecified atom stereocenters. The minimum absolute atomic E-state index is 0.0612. The molecule has 1 fully saturated rings. The summed E-state index contributed by atoms with van der Waals surface area (Å²) in [5.41, 5.74) is 14.4. The van der Waals surface area contributed by atoms with Crippen LogP contribution in [0.3, 0.4) is 0 Å². The highest BCUT2D eigenvalue weighted by atomic mass is 16.7. The zero-order valence-electron chi connectivity index (χ0n) is 33.9. The molecule has 0 N–H and O–H groups in total. The second-order valence-electron chi connectivity index (χ2n) is 14.2. The molecule has 1 amide bonds. The van der Waals surface area contributed by atoms with Crippen molar-refractivity contribution in [1.82, 2.24) is 5.06 Å². The molecular weight excluding hydrogens is 765 g/mol. The van der Waals surface area contributed by atoms with Gasteiger partial charge in [0.2, 0.25) is 0 Å². The van der Waals surface area contributed by atoms with Crippen LogP contribution in [-0.4, -0.2) is 81.2 Å². The number of hydrogen-bond acceptors (Lipinski definition) is 10. The molecule has 1 heterocycles. The van der Waals surface area contributed by atoms with E-state index >= 15 is 0 Å². The topological polar surface area (TPSA) is 143 Å². The van der Waals surface area contributed by atoms with Gasteiger partial charge in [0, 0.05) is 12.0 Å². The van der Waals surface area contributed by atoms with Gasteiger partial charge in [-0.3, -0.25) is 9.63 Å². The number of amides is 1. The van der Waals surface area contributed by atoms with Crippen molar-refractivity contribution in [2.75, 3.05) is 27.4 Å². The van der Waals surface area contributed by atoms with Crippen LogP contribution in [0, 0.1) is 0 Å². The van der Waals surface area contributed by atoms with Gasteiger partial charge in [0.25, 0.3) is 5.91 Å². The summed E-state index contributed by atoms with van der Waals surface area (Å²) in [6.07, 6.45) is -5.45. The summed E-state index contributed by atoms with van der Waals surface area (Å²) >= 11 is 0. The number of benzene rings is 5. The third kappa shape index (κ3) is 13.3. The van der Waals surface area contributed by atoms with Gasteiger partial charge in [-0.1, -0.05) is 157 Å². The van der Waals surface area contributed by atoms with Gasteiger partial charge in [-0.05, 0) is 33.3 Å². The fourth-order valence-electron chi connectivity index (χ4n) is 6.70. The summed E-state index contributed by atoms with van der Waals surface area (Å²) in [7, 11) is 2.82. The Balaban J connectivity index is 1.33. The van der Waals surface area contributed by atoms with E-state index in [4.69, 9.17) is 38.0 Å². The van der Waals surface area contributed by atoms with Gasteiger partial charge in [0.05, 0.1) is 59.4 Å². The van der Waals surface area contributed by atoms with E-state index < -0.39 is 48.8 Å². The van der Waals surface area contributed by atoms with E-state index in [2.05, 4.69) is 10.0 Å². The van der Waals surface area contributed by atoms with Crippen LogP contribution in [0.2, 0.25) is 0 Å². The molecule has 1 aliphatic heterocycles. The third-order valence-electron chi connectivity index (χ3n) is 9.92. The molecule has 7 atom stereocenters. The number of carbonyl (C=O) groups excluding carboxylic acids is 1. The Labute approximate surface area is 351 Å². The van der Waals surface area contributed by atoms with Gasteiger partial charge in [-0.15, -0.1) is 0 Å². The Hall–Kier alpha value is -5.44. The lowest BCUT2D eigenvalue weighted by atomic mass is 9.97. The first kappa shape index (κ1) is 44.1. The van der Waals surface area contributed by atoms with Crippen LogP contribution in [0.25, 0.3) is 10.4 Å². The highest BCUT2D eigenvalue weighted by Gasteiger charge is 2.49. The van der Waals surface area contributed by atoms with E-state index in [0.29, 0.717) is 6.61 Å². The largest absolute Gasteiger partial charge is 0.374 e. The van der Waals surface area contributed by atoms with Crippen molar-refractivity contribution in [3.8, 4) is 0 Å². The molecule has 13 heteroatoms. The molecule has 314 valence electrons. The van der Waals surface area contributed by atoms with Crippen LogP contribution in [0.15, 0.2) is 157 Å². The zero-order chi connectivity index (χ0) is 41.8. The van der Waals surface area contributed by atoms with Crippen LogP contribution < -0.4 is 0 Å². The van der Waals surface area contributed by atoms with E-state index in [1.165, 1.54) is 14.2 Å². The van der Waals surface area contributed by atoms with Crippen LogP contribution in [-0.2, 0) is 75.8 Å². The number of azide groups is 1. The molecule has 0 radical (unpaired) electrons. The predicted octanol–water partition coefficient (Wildman–Crippen LogP) is 7.99. The maximum Gasteiger partial charge on any atom is 0.275 e. The second kappa shape index (κ2) is 24.0. The van der Waals surface area contributed by atoms with Crippen molar-refractivity contribution in [2.24, 2.45) is 5.11 Å². The van der Waals surface area contributed by atoms with Crippen LogP contribution in [0.4, 0.5) is 0 Å². The number of carbonyl (C=O) groups is 1. The normalized spacial score (nSPS) is 19.8. The molecular formula is C47H52N4O9. The summed E-state index contributed by atoms with van der Waals surface area (Å²) in [5.74, 6) is -0.568. The van der Waals surface area contributed by atoms with Crippen molar-refractivity contribution in [3.63, 3.8) is 0 Å². The quantitative estimate of drug-likeness (QED) is 0.0278. The maximum absolute atomic E-state index is 13.7. The zero-order valence-corrected chi connectivity index (χ0v) is 33.9. The third-order valence-corrected chi connectivity index (χ3v) is 9.92. The van der Waals surface area contributed by atoms with Crippen LogP contribution in [0.5, 0.6) is 0 Å². The Kier molecular flexibility index (Phi) is 17.6. The Morgan fingerprint density at radius 3 is 1.53 bits per heavy atom. The van der Waals surface area contributed by atoms with Crippen molar-refractivity contribution in [2.45, 2.75) is 75.9 Å². The molecule has 1 aliphatic rings. The van der Waals surface area contributed by atoms with Gasteiger partial charge >= 0.3 is 0 Å². The average molecular weight is 817 g/mol. The molecule has 0 bridgehead atoms. The molecule has 0 saturated carbocycles. The molecule has 60 heavy (non-hydrogen) atoms. The molecule has 5 aromatic rings. The monoisotopic (exact) mass is 816 g/mol. The lowest BCUT2D eigenvalue weighted by molar-refractivity contribution is -0.329. The average Bonchev–Trinajstić information content (AvgIpc) is 3.30. The highest BCUT2D eigenvalue weighted by molar-refractivity contribution is 5.80. The molecule has 0 spiro atoms. The van der Waals surface area contributed by atoms with E-state index in [9.17, 15) is 10.3 Å². The number of ether oxygens (including phenoxy) is 7. The smallest absolute Gasteiger partial charge is 0.275 e. The number of rotatable bonds is 23. The minimum atomic E-state index is -1.28. The summed E-state index contributed by atoms with van der Waals surface area (Å²) in [6.45, 7) is 0.911. The Morgan fingerprint density at radius 2 is 1.07 bits per heavy atom. The lowest BCUT2D eigenvalue weighted by Crippen LogP contribution is -2.62. The second-order valence-corrected chi connectivity index (χ2v) is 14.2. The maximum atomic E-state index is 13.7. The van der Waals surface area contributed by atoms with E-state index in [0.717, 1.165) is 32.9 Å². The molecule has 5 aromatic carbocycles. The molecule has 13 nitrogen and oxygen atoms in total. The van der Waals surface area contributed by atoms with Gasteiger partial charge in [0.1, 0.15) is 30.5 Å². The molecule has 0 aromatic heterocycles. The standard InChI is InChI=1S/C47H52N4O9/c1-51(53-2)46(52)42(55-29-36-20-10-4-11-21-36)40(49-50-48)33-59-47-45(58-32-39-26-16-7-17-27-39)44(57-31-38-24-14-6-15-25-38)43(56-30-37-22-12-5-13-23-37)41(60-47)34-54-28-35-18-8-3-9-19-35/h3-27,40-45,47H,28-34H2,1-2H3/t40-,41+,42-,43-,44-,45+,47-/m0/s1. The van der Waals surface area contributed by atoms with E-state index in [-0.39, 0.29) is 39.6 Å². The first-order valence-corrected chi connectivity index (χ1v) is 19.9. The molecule has 1 saturated heterocycles. The summed E-state index contributed by atoms with van der Waals surface area (Å²) in [4.78, 5) is 22.0. The van der Waals surface area contributed by atoms with Crippen molar-refractivity contribution >= 4 is 5.91 Å². The lowest BCUT2D eigenvalue weighted by Gasteiger charge is -2.46. The van der Waals surface area contributed by atoms with Gasteiger partial charge in [-0.25, -0.2) is 5.06 Å². The minimum Gasteiger partial charge on any atom is -0.374 e. The number of hydrogen-bond donors (Lipinski definition) is 0. The van der Waals surface area contributed by atoms with E-state index in [1.54, 1.807) is 0 Å². The van der Waals surface area contributed by atoms with E-state index in [1.807, 2.05) is 152 Å². The summed E-state index contributed by atoms with van der Waals surface area (Å²) < 4.78 is 46.1. The Bertz CT molecular complexity index is 2010. The first-order chi connectivity index (χ1) is 29.5. The van der Waals surface area contributed by atoms with Gasteiger partial charge < -0.3 is 33.2 Å². The summed E-state index contributed by atoms with van der Waals surface area (Å²) in [5, 5.41) is 5.03. The SMILES string of the molecule is CON(C)C(=O)[C@@H](OCc1ccccc1)[C@H](CO[C@H]1O[C@H](COCc2ccccc2)[C@H](OCc2ccccc2)[C@H](OCc2ccccc2)[C@H]1OCc1ccccc1)N=[N+]=[N-]. The fraction of sp³-hybridized carbons (Fsp3) is 0.340. The van der Waals surface area contributed by atoms with Crippen molar-refractivity contribution < 1.29 is 42.8 Å². The first-order valence-electron chi connectivity index (χ1n) is 19.9. The number of hydroxylamine groups is 2. The Morgan fingerprint density at radius 1 is 0.633 bits per heavy atom. The van der Waals surface area contributed by atoms with Gasteiger partial charge in [0.15, 0.2) is 6.29 Å². The fourth-order valence-corrected chi connectivity index (χ4v) is 6.70. The predicted molar refractivity (Wildman–Crippen MR) is 223 cm³/mol. The van der Waals surface area contributed by atoms with Crippen LogP contribution in [0.1, 0.15) is 27.8 Å². The van der Waals surface area contributed by atoms with Crippen molar-refractivity contribution in [3.05, 3.63) is 190 Å². The van der Waals surface area contributed by atoms with Crippen molar-refractivity contribution in [1.29, 1.82) is 0 Å². The molecule has 6 rings (SSSR count). The molecule has 0 aliphatic carbocycles. The van der Waals surface area contributed by atoms with Gasteiger partial charge in [-0.2, -0.15) is 0 Å². The number of likely N-dealkylation sites (N-methyl/N-ethyl adjacent to an activating group) is 1. The number of nitrogens with zero attached hydrogens (tertiary/aromatic N) is 4.